The van der Waals surface area contributed by atoms with Gasteiger partial charge >= 0.3 is 5.97 Å². The molecule has 0 aliphatic carbocycles. The average molecular weight is 544 g/mol. The van der Waals surface area contributed by atoms with Gasteiger partial charge in [-0.15, -0.1) is 0 Å². The van der Waals surface area contributed by atoms with Crippen molar-refractivity contribution in [1.29, 1.82) is 0 Å². The van der Waals surface area contributed by atoms with Crippen molar-refractivity contribution < 1.29 is 14.7 Å². The quantitative estimate of drug-likeness (QED) is 0.185. The summed E-state index contributed by atoms with van der Waals surface area (Å²) in [4.78, 5) is 29.2. The minimum atomic E-state index is -0.934. The maximum atomic E-state index is 12.5. The molecule has 1 atom stereocenters. The summed E-state index contributed by atoms with van der Waals surface area (Å²) in [5.74, 6) is 0.457. The van der Waals surface area contributed by atoms with E-state index < -0.39 is 5.97 Å². The number of benzene rings is 3. The fourth-order valence-corrected chi connectivity index (χ4v) is 5.47. The fraction of sp³-hybridized carbons (Fsp3) is 0.344. The summed E-state index contributed by atoms with van der Waals surface area (Å²) < 4.78 is 2.26. The Morgan fingerprint density at radius 3 is 2.44 bits per heavy atom. The molecule has 0 unspecified atom stereocenters. The minimum absolute atomic E-state index is 0.0467. The van der Waals surface area contributed by atoms with E-state index in [1.54, 1.807) is 12.1 Å². The van der Waals surface area contributed by atoms with Crippen LogP contribution in [0.5, 0.6) is 0 Å². The lowest BCUT2D eigenvalue weighted by Crippen LogP contribution is -2.31. The van der Waals surface area contributed by atoms with Crippen molar-refractivity contribution in [2.75, 3.05) is 0 Å². The predicted molar refractivity (Wildman–Crippen MR) is 160 cm³/mol. The molecule has 2 N–H and O–H groups in total. The zero-order valence-electron chi connectivity index (χ0n) is 23.1. The van der Waals surface area contributed by atoms with Gasteiger partial charge in [-0.25, -0.2) is 9.78 Å². The number of thiol groups is 1. The molecule has 0 aliphatic heterocycles. The Morgan fingerprint density at radius 2 is 1.77 bits per heavy atom. The maximum absolute atomic E-state index is 12.5. The van der Waals surface area contributed by atoms with Gasteiger partial charge in [0.2, 0.25) is 5.91 Å². The number of carboxylic acid groups (broad SMARTS) is 1. The molecule has 1 amide bonds. The smallest absolute Gasteiger partial charge is 0.336 e. The number of carboxylic acids is 1. The Bertz CT molecular complexity index is 1470. The molecule has 0 radical (unpaired) electrons. The van der Waals surface area contributed by atoms with E-state index in [4.69, 9.17) is 4.98 Å². The summed E-state index contributed by atoms with van der Waals surface area (Å²) in [7, 11) is 0. The highest BCUT2D eigenvalue weighted by atomic mass is 32.1. The van der Waals surface area contributed by atoms with Crippen LogP contribution in [0.4, 0.5) is 0 Å². The molecule has 204 valence electrons. The number of hydrogen-bond donors (Lipinski definition) is 3. The summed E-state index contributed by atoms with van der Waals surface area (Å²) in [6.45, 7) is 9.48. The highest BCUT2D eigenvalue weighted by Crippen LogP contribution is 2.27. The van der Waals surface area contributed by atoms with Crippen molar-refractivity contribution in [2.45, 2.75) is 65.3 Å². The number of hydrogen-bond acceptors (Lipinski definition) is 4. The van der Waals surface area contributed by atoms with Crippen molar-refractivity contribution in [3.8, 4) is 11.1 Å². The summed E-state index contributed by atoms with van der Waals surface area (Å²) in [6, 6.07) is 19.3. The van der Waals surface area contributed by atoms with Crippen LogP contribution in [0.2, 0.25) is 0 Å². The van der Waals surface area contributed by atoms with Gasteiger partial charge in [-0.3, -0.25) is 4.79 Å². The lowest BCUT2D eigenvalue weighted by molar-refractivity contribution is -0.120. The zero-order valence-corrected chi connectivity index (χ0v) is 24.0. The summed E-state index contributed by atoms with van der Waals surface area (Å²) >= 11 is 4.48. The van der Waals surface area contributed by atoms with Crippen molar-refractivity contribution in [2.24, 2.45) is 5.92 Å². The second-order valence-corrected chi connectivity index (χ2v) is 11.2. The molecule has 7 heteroatoms. The molecule has 0 spiro atoms. The highest BCUT2D eigenvalue weighted by molar-refractivity contribution is 7.81. The third-order valence-corrected chi connectivity index (χ3v) is 7.33. The van der Waals surface area contributed by atoms with Gasteiger partial charge in [-0.2, -0.15) is 12.6 Å². The van der Waals surface area contributed by atoms with E-state index >= 15 is 0 Å². The highest BCUT2D eigenvalue weighted by Gasteiger charge is 2.17. The van der Waals surface area contributed by atoms with Gasteiger partial charge in [0, 0.05) is 19.5 Å². The number of nitrogens with zero attached hydrogens (tertiary/aromatic N) is 2. The van der Waals surface area contributed by atoms with Gasteiger partial charge < -0.3 is 15.0 Å². The van der Waals surface area contributed by atoms with Crippen LogP contribution in [-0.4, -0.2) is 31.8 Å². The Morgan fingerprint density at radius 1 is 1.05 bits per heavy atom. The number of aromatic carboxylic acids is 1. The second kappa shape index (κ2) is 12.5. The molecule has 0 fully saturated rings. The second-order valence-electron chi connectivity index (χ2n) is 10.6. The molecular weight excluding hydrogens is 506 g/mol. The van der Waals surface area contributed by atoms with Gasteiger partial charge in [0.05, 0.1) is 21.8 Å². The number of aryl methyl sites for hydroxylation is 2. The number of imidazole rings is 1. The molecule has 4 rings (SSSR count). The van der Waals surface area contributed by atoms with Crippen LogP contribution in [0.3, 0.4) is 0 Å². The van der Waals surface area contributed by atoms with E-state index in [0.717, 1.165) is 58.4 Å². The summed E-state index contributed by atoms with van der Waals surface area (Å²) in [6.07, 6.45) is 2.58. The van der Waals surface area contributed by atoms with Crippen LogP contribution in [0, 0.1) is 12.8 Å². The third kappa shape index (κ3) is 6.71. The fourth-order valence-electron chi connectivity index (χ4n) is 4.96. The first kappa shape index (κ1) is 28.4. The van der Waals surface area contributed by atoms with Crippen molar-refractivity contribution in [1.82, 2.24) is 14.9 Å². The van der Waals surface area contributed by atoms with E-state index in [1.807, 2.05) is 36.4 Å². The van der Waals surface area contributed by atoms with Crippen molar-refractivity contribution in [3.05, 3.63) is 88.7 Å². The molecule has 6 nitrogen and oxygen atoms in total. The van der Waals surface area contributed by atoms with E-state index in [9.17, 15) is 14.7 Å². The number of carbonyl (C=O) groups is 2. The van der Waals surface area contributed by atoms with E-state index in [-0.39, 0.29) is 11.2 Å². The summed E-state index contributed by atoms with van der Waals surface area (Å²) in [5, 5.41) is 12.3. The van der Waals surface area contributed by atoms with Crippen LogP contribution in [0.1, 0.15) is 66.5 Å². The normalized spacial score (nSPS) is 12.2. The first-order valence-electron chi connectivity index (χ1n) is 13.5. The van der Waals surface area contributed by atoms with Gasteiger partial charge in [0.25, 0.3) is 0 Å². The van der Waals surface area contributed by atoms with Crippen molar-refractivity contribution >= 4 is 35.5 Å². The van der Waals surface area contributed by atoms with Crippen molar-refractivity contribution in [3.63, 3.8) is 0 Å². The van der Waals surface area contributed by atoms with Gasteiger partial charge in [-0.05, 0) is 65.6 Å². The number of nitrogens with one attached hydrogen (secondary N) is 1. The number of carbonyl (C=O) groups excluding carboxylic acids is 1. The first-order chi connectivity index (χ1) is 18.7. The molecule has 39 heavy (non-hydrogen) atoms. The summed E-state index contributed by atoms with van der Waals surface area (Å²) in [5.41, 5.74) is 7.11. The lowest BCUT2D eigenvalue weighted by atomic mass is 9.98. The minimum Gasteiger partial charge on any atom is -0.478 e. The maximum Gasteiger partial charge on any atom is 0.336 e. The number of aromatic nitrogens is 2. The Balaban J connectivity index is 1.62. The number of amides is 1. The zero-order chi connectivity index (χ0) is 28.1. The van der Waals surface area contributed by atoms with Gasteiger partial charge in [-0.1, -0.05) is 69.3 Å². The largest absolute Gasteiger partial charge is 0.478 e. The monoisotopic (exact) mass is 543 g/mol. The number of rotatable bonds is 11. The van der Waals surface area contributed by atoms with E-state index in [1.165, 1.54) is 0 Å². The molecule has 0 bridgehead atoms. The average Bonchev–Trinajstić information content (AvgIpc) is 3.24. The Labute approximate surface area is 235 Å². The lowest BCUT2D eigenvalue weighted by Gasteiger charge is -2.14. The molecule has 1 heterocycles. The third-order valence-electron chi connectivity index (χ3n) is 6.88. The van der Waals surface area contributed by atoms with Gasteiger partial charge in [0.15, 0.2) is 0 Å². The van der Waals surface area contributed by atoms with Crippen LogP contribution in [-0.2, 0) is 24.3 Å². The topological polar surface area (TPSA) is 84.2 Å². The predicted octanol–water partition coefficient (Wildman–Crippen LogP) is 6.67. The molecule has 3 aromatic carbocycles. The van der Waals surface area contributed by atoms with Crippen LogP contribution in [0.25, 0.3) is 22.2 Å². The first-order valence-corrected chi connectivity index (χ1v) is 14.1. The molecule has 0 saturated heterocycles. The van der Waals surface area contributed by atoms with E-state index in [2.05, 4.69) is 62.3 Å². The van der Waals surface area contributed by atoms with E-state index in [0.29, 0.717) is 30.1 Å². The van der Waals surface area contributed by atoms with Crippen LogP contribution in [0.15, 0.2) is 60.7 Å². The number of fused-ring (bicyclic) bond motifs is 1. The van der Waals surface area contributed by atoms with Crippen LogP contribution < -0.4 is 5.32 Å². The molecule has 0 aliphatic rings. The molecular formula is C32H37N3O3S. The van der Waals surface area contributed by atoms with Crippen LogP contribution >= 0.6 is 12.6 Å². The molecule has 1 aromatic heterocycles. The molecule has 4 aromatic rings. The van der Waals surface area contributed by atoms with Gasteiger partial charge in [0.1, 0.15) is 5.82 Å². The molecule has 0 saturated carbocycles. The standard InChI is InChI=1S/C32H37N3O3S/c1-5-8-29-34-30-21(4)16-23(18-33-31(36)28(39)15-20(2)3)17-27(30)35(29)19-22-11-13-24(14-12-22)25-9-6-7-10-26(25)32(37)38/h6-7,9-14,16-17,20,28,39H,5,8,15,18-19H2,1-4H3,(H,33,36)(H,37,38)/t28-/m1/s1. The SMILES string of the molecule is CCCc1nc2c(C)cc(CNC(=O)[C@H](S)CC(C)C)cc2n1Cc1ccc(-c2ccccc2C(=O)O)cc1. The Kier molecular flexibility index (Phi) is 9.12. The Hall–Kier alpha value is -3.58.